The van der Waals surface area contributed by atoms with E-state index >= 15 is 0 Å². The third-order valence-electron chi connectivity index (χ3n) is 3.37. The van der Waals surface area contributed by atoms with E-state index in [1.54, 1.807) is 19.1 Å². The van der Waals surface area contributed by atoms with E-state index in [1.165, 1.54) is 11.2 Å². The van der Waals surface area contributed by atoms with Gasteiger partial charge in [0.05, 0.1) is 11.8 Å². The summed E-state index contributed by atoms with van der Waals surface area (Å²) >= 11 is 5.95. The normalized spacial score (nSPS) is 14.2. The van der Waals surface area contributed by atoms with Crippen molar-refractivity contribution in [3.63, 3.8) is 0 Å². The Kier molecular flexibility index (Phi) is 6.68. The molecule has 0 heterocycles. The van der Waals surface area contributed by atoms with Crippen molar-refractivity contribution in [1.29, 1.82) is 0 Å². The highest BCUT2D eigenvalue weighted by molar-refractivity contribution is 7.90. The molecular formula is C15H23ClN2O3S. The summed E-state index contributed by atoms with van der Waals surface area (Å²) in [7, 11) is -3.14. The van der Waals surface area contributed by atoms with Gasteiger partial charge in [-0.25, -0.2) is 13.2 Å². The summed E-state index contributed by atoms with van der Waals surface area (Å²) in [5.74, 6) is -0.0557. The van der Waals surface area contributed by atoms with Crippen molar-refractivity contribution in [3.05, 3.63) is 34.9 Å². The quantitative estimate of drug-likeness (QED) is 0.861. The minimum atomic E-state index is -3.14. The molecule has 0 aliphatic heterocycles. The predicted molar refractivity (Wildman–Crippen MR) is 90.0 cm³/mol. The van der Waals surface area contributed by atoms with Gasteiger partial charge in [0.2, 0.25) is 0 Å². The summed E-state index contributed by atoms with van der Waals surface area (Å²) in [6.45, 7) is 5.85. The van der Waals surface area contributed by atoms with E-state index in [1.807, 2.05) is 26.0 Å². The summed E-state index contributed by atoms with van der Waals surface area (Å²) in [5, 5.41) is 3.48. The van der Waals surface area contributed by atoms with Gasteiger partial charge in [0.25, 0.3) is 0 Å². The van der Waals surface area contributed by atoms with E-state index in [2.05, 4.69) is 5.32 Å². The number of carbonyl (C=O) groups is 1. The van der Waals surface area contributed by atoms with E-state index in [0.29, 0.717) is 11.6 Å². The molecule has 2 atom stereocenters. The van der Waals surface area contributed by atoms with Crippen LogP contribution < -0.4 is 5.32 Å². The molecule has 0 bridgehead atoms. The molecule has 1 N–H and O–H groups in total. The summed E-state index contributed by atoms with van der Waals surface area (Å²) < 4.78 is 22.8. The van der Waals surface area contributed by atoms with Gasteiger partial charge in [0.1, 0.15) is 9.84 Å². The van der Waals surface area contributed by atoms with Crippen molar-refractivity contribution < 1.29 is 13.2 Å². The Labute approximate surface area is 137 Å². The molecule has 7 heteroatoms. The van der Waals surface area contributed by atoms with Gasteiger partial charge < -0.3 is 10.2 Å². The van der Waals surface area contributed by atoms with Gasteiger partial charge in [0, 0.05) is 23.9 Å². The molecular weight excluding hydrogens is 324 g/mol. The Bertz CT molecular complexity index is 619. The van der Waals surface area contributed by atoms with E-state index in [-0.39, 0.29) is 23.9 Å². The molecule has 0 saturated carbocycles. The highest BCUT2D eigenvalue weighted by Gasteiger charge is 2.23. The molecule has 0 saturated heterocycles. The Balaban J connectivity index is 2.76. The van der Waals surface area contributed by atoms with Crippen molar-refractivity contribution in [1.82, 2.24) is 10.2 Å². The first-order chi connectivity index (χ1) is 10.1. The van der Waals surface area contributed by atoms with Crippen molar-refractivity contribution in [2.24, 2.45) is 0 Å². The molecule has 0 aliphatic carbocycles. The molecule has 0 aliphatic rings. The zero-order valence-corrected chi connectivity index (χ0v) is 14.9. The average molecular weight is 347 g/mol. The van der Waals surface area contributed by atoms with Crippen LogP contribution in [-0.2, 0) is 9.84 Å². The lowest BCUT2D eigenvalue weighted by Crippen LogP contribution is -2.47. The monoisotopic (exact) mass is 346 g/mol. The maximum absolute atomic E-state index is 12.4. The predicted octanol–water partition coefficient (Wildman–Crippen LogP) is 2.87. The molecule has 1 aromatic rings. The maximum Gasteiger partial charge on any atom is 0.318 e. The van der Waals surface area contributed by atoms with Gasteiger partial charge in [0.15, 0.2) is 0 Å². The first kappa shape index (κ1) is 18.8. The molecule has 5 nitrogen and oxygen atoms in total. The van der Waals surface area contributed by atoms with Gasteiger partial charge in [-0.15, -0.1) is 0 Å². The van der Waals surface area contributed by atoms with Crippen LogP contribution in [0.4, 0.5) is 4.79 Å². The smallest absolute Gasteiger partial charge is 0.318 e. The van der Waals surface area contributed by atoms with Crippen LogP contribution in [0, 0.1) is 0 Å². The van der Waals surface area contributed by atoms with E-state index in [9.17, 15) is 13.2 Å². The Morgan fingerprint density at radius 1 is 1.36 bits per heavy atom. The van der Waals surface area contributed by atoms with Crippen molar-refractivity contribution in [2.45, 2.75) is 32.9 Å². The molecule has 124 valence electrons. The van der Waals surface area contributed by atoms with Crippen LogP contribution in [0.3, 0.4) is 0 Å². The van der Waals surface area contributed by atoms with Crippen LogP contribution >= 0.6 is 11.6 Å². The third kappa shape index (κ3) is 5.85. The second kappa shape index (κ2) is 7.83. The van der Waals surface area contributed by atoms with Crippen LogP contribution in [0.1, 0.15) is 32.4 Å². The molecule has 0 aromatic heterocycles. The Morgan fingerprint density at radius 2 is 2.00 bits per heavy atom. The van der Waals surface area contributed by atoms with Crippen LogP contribution in [0.2, 0.25) is 5.02 Å². The first-order valence-corrected chi connectivity index (χ1v) is 9.58. The lowest BCUT2D eigenvalue weighted by atomic mass is 10.1. The molecule has 1 aromatic carbocycles. The highest BCUT2D eigenvalue weighted by atomic mass is 35.5. The topological polar surface area (TPSA) is 66.5 Å². The van der Waals surface area contributed by atoms with E-state index < -0.39 is 9.84 Å². The van der Waals surface area contributed by atoms with Crippen molar-refractivity contribution >= 4 is 27.5 Å². The summed E-state index contributed by atoms with van der Waals surface area (Å²) in [5.41, 5.74) is 0.896. The number of hydrogen-bond donors (Lipinski definition) is 1. The summed E-state index contributed by atoms with van der Waals surface area (Å²) in [6, 6.07) is 6.38. The van der Waals surface area contributed by atoms with Crippen LogP contribution in [0.15, 0.2) is 24.3 Å². The Morgan fingerprint density at radius 3 is 2.50 bits per heavy atom. The van der Waals surface area contributed by atoms with Gasteiger partial charge in [-0.2, -0.15) is 0 Å². The maximum atomic E-state index is 12.4. The second-order valence-corrected chi connectivity index (χ2v) is 8.07. The SMILES string of the molecule is CCN(C(=O)N[C@@H](C)c1cccc(Cl)c1)[C@H](C)CS(C)(=O)=O. The fourth-order valence-corrected chi connectivity index (χ4v) is 3.57. The summed E-state index contributed by atoms with van der Waals surface area (Å²) in [6.07, 6.45) is 1.17. The molecule has 2 amide bonds. The summed E-state index contributed by atoms with van der Waals surface area (Å²) in [4.78, 5) is 13.9. The number of halogens is 1. The van der Waals surface area contributed by atoms with Crippen LogP contribution in [0.5, 0.6) is 0 Å². The number of carbonyl (C=O) groups excluding carboxylic acids is 1. The molecule has 0 fully saturated rings. The molecule has 1 rings (SSSR count). The number of nitrogens with one attached hydrogen (secondary N) is 1. The zero-order chi connectivity index (χ0) is 16.9. The number of sulfone groups is 1. The average Bonchev–Trinajstić information content (AvgIpc) is 2.37. The minimum absolute atomic E-state index is 0.0557. The number of rotatable bonds is 6. The third-order valence-corrected chi connectivity index (χ3v) is 4.69. The molecule has 0 unspecified atom stereocenters. The number of amides is 2. The number of nitrogens with zero attached hydrogens (tertiary/aromatic N) is 1. The van der Waals surface area contributed by atoms with Gasteiger partial charge >= 0.3 is 6.03 Å². The van der Waals surface area contributed by atoms with Crippen LogP contribution in [0.25, 0.3) is 0 Å². The number of urea groups is 1. The zero-order valence-electron chi connectivity index (χ0n) is 13.3. The van der Waals surface area contributed by atoms with Crippen LogP contribution in [-0.4, -0.2) is 43.9 Å². The fourth-order valence-electron chi connectivity index (χ4n) is 2.31. The highest BCUT2D eigenvalue weighted by Crippen LogP contribution is 2.17. The van der Waals surface area contributed by atoms with Crippen molar-refractivity contribution in [3.8, 4) is 0 Å². The second-order valence-electron chi connectivity index (χ2n) is 5.45. The number of hydrogen-bond acceptors (Lipinski definition) is 3. The van der Waals surface area contributed by atoms with Gasteiger partial charge in [-0.05, 0) is 38.5 Å². The molecule has 22 heavy (non-hydrogen) atoms. The fraction of sp³-hybridized carbons (Fsp3) is 0.533. The largest absolute Gasteiger partial charge is 0.331 e. The first-order valence-electron chi connectivity index (χ1n) is 7.14. The van der Waals surface area contributed by atoms with Gasteiger partial charge in [-0.1, -0.05) is 23.7 Å². The standard InChI is InChI=1S/C15H23ClN2O3S/c1-5-18(11(2)10-22(4,20)21)15(19)17-12(3)13-7-6-8-14(16)9-13/h6-9,11-12H,5,10H2,1-4H3,(H,17,19)/t11-,12+/m1/s1. The lowest BCUT2D eigenvalue weighted by Gasteiger charge is -2.29. The molecule has 0 spiro atoms. The molecule has 0 radical (unpaired) electrons. The van der Waals surface area contributed by atoms with E-state index in [4.69, 9.17) is 11.6 Å². The van der Waals surface area contributed by atoms with Gasteiger partial charge in [-0.3, -0.25) is 0 Å². The lowest BCUT2D eigenvalue weighted by molar-refractivity contribution is 0.184. The van der Waals surface area contributed by atoms with Crippen molar-refractivity contribution in [2.75, 3.05) is 18.6 Å². The minimum Gasteiger partial charge on any atom is -0.331 e. The Hall–Kier alpha value is -1.27. The van der Waals surface area contributed by atoms with E-state index in [0.717, 1.165) is 5.56 Å². The number of benzene rings is 1.